The average molecular weight is 484 g/mol. The first-order chi connectivity index (χ1) is 17.4. The van der Waals surface area contributed by atoms with Gasteiger partial charge in [-0.3, -0.25) is 14.9 Å². The second-order valence-corrected chi connectivity index (χ2v) is 8.99. The van der Waals surface area contributed by atoms with Gasteiger partial charge in [0.1, 0.15) is 11.5 Å². The number of hydrogen-bond donors (Lipinski definition) is 1. The lowest BCUT2D eigenvalue weighted by Gasteiger charge is -2.26. The molecule has 0 spiro atoms. The van der Waals surface area contributed by atoms with Crippen molar-refractivity contribution in [3.8, 4) is 0 Å². The van der Waals surface area contributed by atoms with E-state index in [4.69, 9.17) is 14.1 Å². The lowest BCUT2D eigenvalue weighted by molar-refractivity contribution is -0.123. The number of aromatic nitrogens is 2. The van der Waals surface area contributed by atoms with Crippen LogP contribution in [0.1, 0.15) is 51.2 Å². The largest absolute Gasteiger partial charge is 0.465 e. The zero-order chi connectivity index (χ0) is 25.2. The molecule has 1 aliphatic rings. The number of fused-ring (bicyclic) bond motifs is 2. The lowest BCUT2D eigenvalue weighted by Crippen LogP contribution is -2.35. The topological polar surface area (TPSA) is 103 Å². The number of amides is 2. The van der Waals surface area contributed by atoms with Crippen LogP contribution in [0.5, 0.6) is 0 Å². The quantitative estimate of drug-likeness (QED) is 0.422. The number of esters is 1. The van der Waals surface area contributed by atoms with Crippen LogP contribution in [0.15, 0.2) is 65.4 Å². The van der Waals surface area contributed by atoms with Crippen LogP contribution in [0.25, 0.3) is 22.6 Å². The van der Waals surface area contributed by atoms with E-state index in [1.54, 1.807) is 36.2 Å². The highest BCUT2D eigenvalue weighted by Gasteiger charge is 2.29. The highest BCUT2D eigenvalue weighted by Crippen LogP contribution is 2.38. The summed E-state index contributed by atoms with van der Waals surface area (Å²) in [7, 11) is 1.70. The van der Waals surface area contributed by atoms with Crippen LogP contribution in [0.3, 0.4) is 0 Å². The third kappa shape index (κ3) is 4.57. The van der Waals surface area contributed by atoms with Gasteiger partial charge < -0.3 is 13.7 Å². The first-order valence-corrected chi connectivity index (χ1v) is 11.7. The SMILES string of the molecule is CC1C/C(=C/c2ccco2)c2nc3ccccc3c(C(=O)OCC(=O)NC(=O)c3cccn3C)c2C1. The summed E-state index contributed by atoms with van der Waals surface area (Å²) in [5.74, 6) is -0.911. The molecule has 1 N–H and O–H groups in total. The number of hydrogen-bond acceptors (Lipinski definition) is 6. The van der Waals surface area contributed by atoms with Crippen LogP contribution in [0.4, 0.5) is 0 Å². The molecule has 1 unspecified atom stereocenters. The zero-order valence-corrected chi connectivity index (χ0v) is 20.0. The van der Waals surface area contributed by atoms with Crippen LogP contribution in [-0.2, 0) is 23.0 Å². The van der Waals surface area contributed by atoms with Crippen molar-refractivity contribution in [2.24, 2.45) is 13.0 Å². The van der Waals surface area contributed by atoms with Gasteiger partial charge in [-0.25, -0.2) is 9.78 Å². The highest BCUT2D eigenvalue weighted by atomic mass is 16.5. The summed E-state index contributed by atoms with van der Waals surface area (Å²) in [5.41, 5.74) is 3.88. The number of para-hydroxylation sites is 1. The van der Waals surface area contributed by atoms with Crippen molar-refractivity contribution in [3.63, 3.8) is 0 Å². The number of nitrogens with zero attached hydrogens (tertiary/aromatic N) is 2. The Kier molecular flexibility index (Phi) is 6.25. The number of aryl methyl sites for hydroxylation is 1. The molecule has 0 saturated carbocycles. The maximum atomic E-state index is 13.4. The van der Waals surface area contributed by atoms with E-state index in [0.29, 0.717) is 34.3 Å². The van der Waals surface area contributed by atoms with Crippen molar-refractivity contribution >= 4 is 40.3 Å². The molecular weight excluding hydrogens is 458 g/mol. The van der Waals surface area contributed by atoms with Crippen LogP contribution >= 0.6 is 0 Å². The van der Waals surface area contributed by atoms with Gasteiger partial charge in [0.05, 0.1) is 23.0 Å². The van der Waals surface area contributed by atoms with E-state index in [-0.39, 0.29) is 5.92 Å². The van der Waals surface area contributed by atoms with Gasteiger partial charge in [0.15, 0.2) is 6.61 Å². The molecule has 5 rings (SSSR count). The molecule has 36 heavy (non-hydrogen) atoms. The normalized spacial score (nSPS) is 16.1. The molecule has 1 aliphatic carbocycles. The van der Waals surface area contributed by atoms with Gasteiger partial charge in [0, 0.05) is 18.6 Å². The van der Waals surface area contributed by atoms with E-state index in [2.05, 4.69) is 12.2 Å². The van der Waals surface area contributed by atoms with E-state index in [1.165, 1.54) is 0 Å². The minimum absolute atomic E-state index is 0.263. The number of imide groups is 1. The summed E-state index contributed by atoms with van der Waals surface area (Å²) in [5, 5.41) is 2.92. The minimum atomic E-state index is -0.700. The molecule has 3 aromatic heterocycles. The molecule has 0 saturated heterocycles. The van der Waals surface area contributed by atoms with E-state index in [9.17, 15) is 14.4 Å². The second-order valence-electron chi connectivity index (χ2n) is 8.99. The third-order valence-corrected chi connectivity index (χ3v) is 6.25. The maximum absolute atomic E-state index is 13.4. The van der Waals surface area contributed by atoms with Crippen molar-refractivity contribution in [1.29, 1.82) is 0 Å². The van der Waals surface area contributed by atoms with Gasteiger partial charge in [-0.2, -0.15) is 0 Å². The van der Waals surface area contributed by atoms with Gasteiger partial charge in [0.25, 0.3) is 11.8 Å². The van der Waals surface area contributed by atoms with Gasteiger partial charge in [-0.05, 0) is 66.3 Å². The van der Waals surface area contributed by atoms with E-state index in [1.807, 2.05) is 42.5 Å². The molecule has 4 aromatic rings. The zero-order valence-electron chi connectivity index (χ0n) is 20.0. The van der Waals surface area contributed by atoms with Crippen LogP contribution in [0.2, 0.25) is 0 Å². The number of carbonyl (C=O) groups excluding carboxylic acids is 3. The fourth-order valence-corrected chi connectivity index (χ4v) is 4.64. The Morgan fingerprint density at radius 1 is 1.14 bits per heavy atom. The average Bonchev–Trinajstić information content (AvgIpc) is 3.53. The fourth-order valence-electron chi connectivity index (χ4n) is 4.64. The van der Waals surface area contributed by atoms with Crippen molar-refractivity contribution in [2.45, 2.75) is 19.8 Å². The summed E-state index contributed by atoms with van der Waals surface area (Å²) in [6.45, 7) is 1.54. The molecular formula is C28H25N3O5. The molecule has 0 bridgehead atoms. The molecule has 8 heteroatoms. The van der Waals surface area contributed by atoms with Gasteiger partial charge in [-0.15, -0.1) is 0 Å². The lowest BCUT2D eigenvalue weighted by atomic mass is 9.81. The van der Waals surface area contributed by atoms with Crippen molar-refractivity contribution < 1.29 is 23.5 Å². The van der Waals surface area contributed by atoms with Crippen LogP contribution in [0, 0.1) is 5.92 Å². The van der Waals surface area contributed by atoms with Crippen molar-refractivity contribution in [1.82, 2.24) is 14.9 Å². The Bertz CT molecular complexity index is 1500. The number of pyridine rings is 1. The smallest absolute Gasteiger partial charge is 0.339 e. The van der Waals surface area contributed by atoms with Crippen molar-refractivity contribution in [2.75, 3.05) is 6.61 Å². The van der Waals surface area contributed by atoms with Crippen LogP contribution in [-0.4, -0.2) is 33.9 Å². The summed E-state index contributed by atoms with van der Waals surface area (Å²) < 4.78 is 12.5. The molecule has 182 valence electrons. The molecule has 1 aromatic carbocycles. The number of carbonyl (C=O) groups is 3. The van der Waals surface area contributed by atoms with E-state index >= 15 is 0 Å². The molecule has 8 nitrogen and oxygen atoms in total. The summed E-state index contributed by atoms with van der Waals surface area (Å²) in [4.78, 5) is 42.9. The van der Waals surface area contributed by atoms with Gasteiger partial charge in [0.2, 0.25) is 0 Å². The number of rotatable bonds is 5. The standard InChI is InChI=1S/C28H25N3O5/c1-17-13-18(15-19-7-6-12-35-19)26-21(14-17)25(20-8-3-4-9-22(20)29-26)28(34)36-16-24(32)30-27(33)23-10-5-11-31(23)2/h3-12,15,17H,13-14,16H2,1-2H3,(H,30,32,33)/b18-15-. The third-order valence-electron chi connectivity index (χ3n) is 6.25. The Morgan fingerprint density at radius 3 is 2.72 bits per heavy atom. The monoisotopic (exact) mass is 483 g/mol. The molecule has 1 atom stereocenters. The maximum Gasteiger partial charge on any atom is 0.339 e. The number of allylic oxidation sites excluding steroid dienone is 1. The summed E-state index contributed by atoms with van der Waals surface area (Å²) in [6.07, 6.45) is 6.70. The van der Waals surface area contributed by atoms with Gasteiger partial charge >= 0.3 is 5.97 Å². The Morgan fingerprint density at radius 2 is 1.97 bits per heavy atom. The number of ether oxygens (including phenoxy) is 1. The summed E-state index contributed by atoms with van der Waals surface area (Å²) in [6, 6.07) is 14.4. The number of benzene rings is 1. The number of nitrogens with one attached hydrogen (secondary N) is 1. The number of furan rings is 1. The molecule has 3 heterocycles. The predicted octanol–water partition coefficient (Wildman–Crippen LogP) is 4.40. The van der Waals surface area contributed by atoms with Crippen molar-refractivity contribution in [3.05, 3.63) is 89.3 Å². The molecule has 0 radical (unpaired) electrons. The first kappa shape index (κ1) is 23.3. The van der Waals surface area contributed by atoms with E-state index in [0.717, 1.165) is 23.3 Å². The molecule has 0 aliphatic heterocycles. The van der Waals surface area contributed by atoms with Crippen LogP contribution < -0.4 is 5.32 Å². The Labute approximate surface area is 207 Å². The second kappa shape index (κ2) is 9.65. The molecule has 0 fully saturated rings. The van der Waals surface area contributed by atoms with E-state index < -0.39 is 24.4 Å². The fraction of sp³-hybridized carbons (Fsp3) is 0.214. The summed E-state index contributed by atoms with van der Waals surface area (Å²) >= 11 is 0. The highest BCUT2D eigenvalue weighted by molar-refractivity contribution is 6.08. The van der Waals surface area contributed by atoms with Gasteiger partial charge in [-0.1, -0.05) is 25.1 Å². The Balaban J connectivity index is 1.45. The minimum Gasteiger partial charge on any atom is -0.465 e. The first-order valence-electron chi connectivity index (χ1n) is 11.7. The Hall–Kier alpha value is -4.46. The molecule has 2 amide bonds. The predicted molar refractivity (Wildman–Crippen MR) is 134 cm³/mol.